The second-order valence-electron chi connectivity index (χ2n) is 6.26. The SMILES string of the molecule is NC(=O)[C@@H]1CCCN(C(=O)COc2ccc(Oc3ccccc3)cc2)C1. The Bertz CT molecular complexity index is 746. The number of ether oxygens (including phenoxy) is 2. The van der Waals surface area contributed by atoms with Crippen molar-refractivity contribution in [1.29, 1.82) is 0 Å². The van der Waals surface area contributed by atoms with E-state index in [1.54, 1.807) is 29.2 Å². The molecule has 1 atom stereocenters. The first-order chi connectivity index (χ1) is 12.6. The van der Waals surface area contributed by atoms with Gasteiger partial charge in [-0.05, 0) is 49.2 Å². The fourth-order valence-corrected chi connectivity index (χ4v) is 2.90. The molecule has 2 aromatic rings. The lowest BCUT2D eigenvalue weighted by molar-refractivity contribution is -0.136. The standard InChI is InChI=1S/C20H22N2O4/c21-20(24)15-5-4-12-22(13-15)19(23)14-25-16-8-10-18(11-9-16)26-17-6-2-1-3-7-17/h1-3,6-11,15H,4-5,12-14H2,(H2,21,24)/t15-/m1/s1. The number of hydrogen-bond donors (Lipinski definition) is 1. The summed E-state index contributed by atoms with van der Waals surface area (Å²) in [6.07, 6.45) is 1.52. The molecule has 1 aliphatic heterocycles. The molecule has 2 amide bonds. The Labute approximate surface area is 152 Å². The zero-order valence-corrected chi connectivity index (χ0v) is 14.5. The maximum absolute atomic E-state index is 12.3. The summed E-state index contributed by atoms with van der Waals surface area (Å²) in [6.45, 7) is 0.946. The molecule has 0 spiro atoms. The van der Waals surface area contributed by atoms with Crippen LogP contribution in [0, 0.1) is 5.92 Å². The summed E-state index contributed by atoms with van der Waals surface area (Å²) in [7, 11) is 0. The number of nitrogens with zero attached hydrogens (tertiary/aromatic N) is 1. The first-order valence-corrected chi connectivity index (χ1v) is 8.64. The van der Waals surface area contributed by atoms with Crippen LogP contribution < -0.4 is 15.2 Å². The molecule has 0 aromatic heterocycles. The summed E-state index contributed by atoms with van der Waals surface area (Å²) in [5.41, 5.74) is 5.34. The van der Waals surface area contributed by atoms with Crippen molar-refractivity contribution >= 4 is 11.8 Å². The molecule has 1 fully saturated rings. The maximum Gasteiger partial charge on any atom is 0.260 e. The summed E-state index contributed by atoms with van der Waals surface area (Å²) in [5, 5.41) is 0. The van der Waals surface area contributed by atoms with Crippen LogP contribution in [-0.4, -0.2) is 36.4 Å². The van der Waals surface area contributed by atoms with Crippen LogP contribution >= 0.6 is 0 Å². The molecule has 0 saturated carbocycles. The van der Waals surface area contributed by atoms with Gasteiger partial charge in [-0.2, -0.15) is 0 Å². The molecular weight excluding hydrogens is 332 g/mol. The minimum Gasteiger partial charge on any atom is -0.484 e. The molecule has 26 heavy (non-hydrogen) atoms. The molecule has 0 radical (unpaired) electrons. The molecule has 1 saturated heterocycles. The number of hydrogen-bond acceptors (Lipinski definition) is 4. The second kappa shape index (κ2) is 8.38. The van der Waals surface area contributed by atoms with Crippen LogP contribution in [0.2, 0.25) is 0 Å². The molecule has 2 aromatic carbocycles. The number of benzene rings is 2. The van der Waals surface area contributed by atoms with Crippen LogP contribution in [0.1, 0.15) is 12.8 Å². The Balaban J connectivity index is 1.50. The lowest BCUT2D eigenvalue weighted by Gasteiger charge is -2.31. The van der Waals surface area contributed by atoms with E-state index in [9.17, 15) is 9.59 Å². The van der Waals surface area contributed by atoms with Crippen LogP contribution in [0.25, 0.3) is 0 Å². The molecule has 2 N–H and O–H groups in total. The molecule has 1 heterocycles. The summed E-state index contributed by atoms with van der Waals surface area (Å²) in [6, 6.07) is 16.6. The summed E-state index contributed by atoms with van der Waals surface area (Å²) in [4.78, 5) is 25.2. The number of piperidine rings is 1. The van der Waals surface area contributed by atoms with Gasteiger partial charge in [0.25, 0.3) is 5.91 Å². The first-order valence-electron chi connectivity index (χ1n) is 8.64. The Hall–Kier alpha value is -3.02. The van der Waals surface area contributed by atoms with Crippen LogP contribution in [0.5, 0.6) is 17.2 Å². The summed E-state index contributed by atoms with van der Waals surface area (Å²) < 4.78 is 11.3. The third kappa shape index (κ3) is 4.75. The van der Waals surface area contributed by atoms with E-state index in [1.165, 1.54) is 0 Å². The minimum atomic E-state index is -0.350. The molecular formula is C20H22N2O4. The third-order valence-electron chi connectivity index (χ3n) is 4.34. The van der Waals surface area contributed by atoms with Crippen molar-refractivity contribution in [2.24, 2.45) is 11.7 Å². The van der Waals surface area contributed by atoms with Gasteiger partial charge in [-0.1, -0.05) is 18.2 Å². The van der Waals surface area contributed by atoms with E-state index in [1.807, 2.05) is 30.3 Å². The number of likely N-dealkylation sites (tertiary alicyclic amines) is 1. The minimum absolute atomic E-state index is 0.0651. The Morgan fingerprint density at radius 1 is 1.00 bits per heavy atom. The van der Waals surface area contributed by atoms with E-state index in [0.29, 0.717) is 24.6 Å². The van der Waals surface area contributed by atoms with Crippen LogP contribution in [-0.2, 0) is 9.59 Å². The third-order valence-corrected chi connectivity index (χ3v) is 4.34. The summed E-state index contributed by atoms with van der Waals surface area (Å²) in [5.74, 6) is 1.28. The number of nitrogens with two attached hydrogens (primary N) is 1. The fourth-order valence-electron chi connectivity index (χ4n) is 2.90. The van der Waals surface area contributed by atoms with Crippen LogP contribution in [0.4, 0.5) is 0 Å². The van der Waals surface area contributed by atoms with Crippen molar-refractivity contribution in [3.63, 3.8) is 0 Å². The smallest absolute Gasteiger partial charge is 0.260 e. The highest BCUT2D eigenvalue weighted by atomic mass is 16.5. The average Bonchev–Trinajstić information content (AvgIpc) is 2.68. The number of rotatable bonds is 6. The van der Waals surface area contributed by atoms with Gasteiger partial charge in [0.15, 0.2) is 6.61 Å². The Kier molecular flexibility index (Phi) is 5.73. The fraction of sp³-hybridized carbons (Fsp3) is 0.300. The number of para-hydroxylation sites is 1. The molecule has 6 nitrogen and oxygen atoms in total. The largest absolute Gasteiger partial charge is 0.484 e. The van der Waals surface area contributed by atoms with Crippen LogP contribution in [0.15, 0.2) is 54.6 Å². The van der Waals surface area contributed by atoms with Gasteiger partial charge >= 0.3 is 0 Å². The Morgan fingerprint density at radius 3 is 2.35 bits per heavy atom. The number of amides is 2. The topological polar surface area (TPSA) is 81.9 Å². The van der Waals surface area contributed by atoms with Crippen molar-refractivity contribution in [3.8, 4) is 17.2 Å². The number of carbonyl (C=O) groups is 2. The zero-order chi connectivity index (χ0) is 18.4. The molecule has 1 aliphatic rings. The van der Waals surface area contributed by atoms with Crippen molar-refractivity contribution in [1.82, 2.24) is 4.90 Å². The predicted molar refractivity (Wildman–Crippen MR) is 97.0 cm³/mol. The van der Waals surface area contributed by atoms with Crippen molar-refractivity contribution < 1.29 is 19.1 Å². The number of primary amides is 1. The molecule has 0 unspecified atom stereocenters. The highest BCUT2D eigenvalue weighted by Gasteiger charge is 2.27. The van der Waals surface area contributed by atoms with Gasteiger partial charge in [0, 0.05) is 13.1 Å². The quantitative estimate of drug-likeness (QED) is 0.864. The van der Waals surface area contributed by atoms with Crippen LogP contribution in [0.3, 0.4) is 0 Å². The van der Waals surface area contributed by atoms with Gasteiger partial charge in [-0.25, -0.2) is 0 Å². The van der Waals surface area contributed by atoms with E-state index < -0.39 is 0 Å². The van der Waals surface area contributed by atoms with Gasteiger partial charge < -0.3 is 20.1 Å². The second-order valence-corrected chi connectivity index (χ2v) is 6.26. The lowest BCUT2D eigenvalue weighted by atomic mass is 9.97. The van der Waals surface area contributed by atoms with Gasteiger partial charge in [0.2, 0.25) is 5.91 Å². The molecule has 0 bridgehead atoms. The monoisotopic (exact) mass is 354 g/mol. The van der Waals surface area contributed by atoms with E-state index in [-0.39, 0.29) is 24.3 Å². The van der Waals surface area contributed by atoms with Crippen molar-refractivity contribution in [3.05, 3.63) is 54.6 Å². The maximum atomic E-state index is 12.3. The number of carbonyl (C=O) groups excluding carboxylic acids is 2. The van der Waals surface area contributed by atoms with E-state index in [0.717, 1.165) is 18.6 Å². The molecule has 136 valence electrons. The normalized spacial score (nSPS) is 16.8. The van der Waals surface area contributed by atoms with E-state index in [4.69, 9.17) is 15.2 Å². The zero-order valence-electron chi connectivity index (χ0n) is 14.5. The molecule has 0 aliphatic carbocycles. The van der Waals surface area contributed by atoms with E-state index >= 15 is 0 Å². The summed E-state index contributed by atoms with van der Waals surface area (Å²) >= 11 is 0. The predicted octanol–water partition coefficient (Wildman–Crippen LogP) is 2.58. The highest BCUT2D eigenvalue weighted by Crippen LogP contribution is 2.23. The van der Waals surface area contributed by atoms with Crippen molar-refractivity contribution in [2.45, 2.75) is 12.8 Å². The van der Waals surface area contributed by atoms with E-state index in [2.05, 4.69) is 0 Å². The van der Waals surface area contributed by atoms with Gasteiger partial charge in [-0.3, -0.25) is 9.59 Å². The van der Waals surface area contributed by atoms with Gasteiger partial charge in [-0.15, -0.1) is 0 Å². The lowest BCUT2D eigenvalue weighted by Crippen LogP contribution is -2.45. The molecule has 3 rings (SSSR count). The van der Waals surface area contributed by atoms with Gasteiger partial charge in [0.05, 0.1) is 5.92 Å². The molecule has 6 heteroatoms. The Morgan fingerprint density at radius 2 is 1.65 bits per heavy atom. The van der Waals surface area contributed by atoms with Gasteiger partial charge in [0.1, 0.15) is 17.2 Å². The average molecular weight is 354 g/mol. The highest BCUT2D eigenvalue weighted by molar-refractivity contribution is 5.81. The van der Waals surface area contributed by atoms with Crippen molar-refractivity contribution in [2.75, 3.05) is 19.7 Å². The first kappa shape index (κ1) is 17.8.